The molecule has 114 valence electrons. The van der Waals surface area contributed by atoms with E-state index in [1.165, 1.54) is 0 Å². The van der Waals surface area contributed by atoms with Crippen LogP contribution in [0.4, 0.5) is 10.5 Å². The van der Waals surface area contributed by atoms with Crippen LogP contribution >= 0.6 is 0 Å². The second-order valence-corrected chi connectivity index (χ2v) is 5.72. The van der Waals surface area contributed by atoms with E-state index < -0.39 is 0 Å². The van der Waals surface area contributed by atoms with Crippen LogP contribution in [0, 0.1) is 0 Å². The number of ether oxygens (including phenoxy) is 1. The molecule has 1 heterocycles. The maximum absolute atomic E-state index is 12.7. The maximum Gasteiger partial charge on any atom is 0.414 e. The Hall–Kier alpha value is -2.04. The number of cyclic esters (lactones) is 1. The van der Waals surface area contributed by atoms with E-state index in [1.54, 1.807) is 23.1 Å². The zero-order valence-corrected chi connectivity index (χ0v) is 13.0. The van der Waals surface area contributed by atoms with E-state index in [4.69, 9.17) is 4.74 Å². The van der Waals surface area contributed by atoms with Crippen molar-refractivity contribution < 1.29 is 14.3 Å². The van der Waals surface area contributed by atoms with Gasteiger partial charge in [0.2, 0.25) is 0 Å². The monoisotopic (exact) mass is 290 g/mol. The highest BCUT2D eigenvalue weighted by molar-refractivity contribution is 5.97. The Morgan fingerprint density at radius 1 is 1.24 bits per heavy atom. The lowest BCUT2D eigenvalue weighted by Gasteiger charge is -2.31. The molecule has 0 aliphatic carbocycles. The fourth-order valence-electron chi connectivity index (χ4n) is 2.65. The number of carbonyl (C=O) groups excluding carboxylic acids is 2. The minimum absolute atomic E-state index is 0.0191. The Kier molecular flexibility index (Phi) is 4.50. The number of amides is 2. The molecule has 0 bridgehead atoms. The molecule has 0 radical (unpaired) electrons. The summed E-state index contributed by atoms with van der Waals surface area (Å²) in [5.41, 5.74) is 1.30. The van der Waals surface area contributed by atoms with Crippen LogP contribution in [-0.2, 0) is 4.74 Å². The predicted octanol–water partition coefficient (Wildman–Crippen LogP) is 2.90. The number of carbonyl (C=O) groups is 2. The summed E-state index contributed by atoms with van der Waals surface area (Å²) in [5.74, 6) is -0.0191. The molecule has 1 aromatic carbocycles. The minimum atomic E-state index is -0.357. The first-order valence-corrected chi connectivity index (χ1v) is 7.29. The minimum Gasteiger partial charge on any atom is -0.447 e. The third-order valence-corrected chi connectivity index (χ3v) is 3.51. The Bertz CT molecular complexity index is 532. The van der Waals surface area contributed by atoms with Crippen molar-refractivity contribution in [2.24, 2.45) is 0 Å². The van der Waals surface area contributed by atoms with Crippen molar-refractivity contribution in [2.45, 2.75) is 39.8 Å². The summed E-state index contributed by atoms with van der Waals surface area (Å²) >= 11 is 0. The van der Waals surface area contributed by atoms with Gasteiger partial charge in [0.15, 0.2) is 0 Å². The Morgan fingerprint density at radius 2 is 1.90 bits per heavy atom. The van der Waals surface area contributed by atoms with Crippen LogP contribution in [0.15, 0.2) is 24.3 Å². The van der Waals surface area contributed by atoms with Gasteiger partial charge in [-0.1, -0.05) is 6.07 Å². The molecule has 1 aromatic rings. The van der Waals surface area contributed by atoms with Gasteiger partial charge in [-0.15, -0.1) is 0 Å². The first-order chi connectivity index (χ1) is 9.91. The Balaban J connectivity index is 2.28. The lowest BCUT2D eigenvalue weighted by Crippen LogP contribution is -2.42. The molecule has 0 N–H and O–H groups in total. The van der Waals surface area contributed by atoms with Gasteiger partial charge < -0.3 is 9.64 Å². The van der Waals surface area contributed by atoms with Gasteiger partial charge in [-0.25, -0.2) is 4.79 Å². The van der Waals surface area contributed by atoms with Crippen molar-refractivity contribution >= 4 is 17.7 Å². The quantitative estimate of drug-likeness (QED) is 0.856. The van der Waals surface area contributed by atoms with Crippen LogP contribution in [0.3, 0.4) is 0 Å². The first kappa shape index (κ1) is 15.4. The molecule has 2 rings (SSSR count). The van der Waals surface area contributed by atoms with E-state index in [0.717, 1.165) is 0 Å². The molecule has 0 saturated carbocycles. The van der Waals surface area contributed by atoms with E-state index in [-0.39, 0.29) is 24.1 Å². The lowest BCUT2D eigenvalue weighted by molar-refractivity contribution is 0.0643. The highest BCUT2D eigenvalue weighted by Crippen LogP contribution is 2.22. The van der Waals surface area contributed by atoms with Crippen LogP contribution in [-0.4, -0.2) is 42.1 Å². The molecule has 0 atom stereocenters. The smallest absolute Gasteiger partial charge is 0.414 e. The van der Waals surface area contributed by atoms with Gasteiger partial charge in [0.05, 0.1) is 6.54 Å². The summed E-state index contributed by atoms with van der Waals surface area (Å²) in [6, 6.07) is 7.40. The second kappa shape index (κ2) is 6.16. The number of rotatable bonds is 4. The largest absolute Gasteiger partial charge is 0.447 e. The molecular formula is C16H22N2O3. The van der Waals surface area contributed by atoms with Crippen molar-refractivity contribution in [1.82, 2.24) is 4.90 Å². The van der Waals surface area contributed by atoms with Gasteiger partial charge in [0, 0.05) is 23.3 Å². The molecule has 1 fully saturated rings. The molecule has 1 aliphatic heterocycles. The van der Waals surface area contributed by atoms with Gasteiger partial charge in [-0.2, -0.15) is 0 Å². The summed E-state index contributed by atoms with van der Waals surface area (Å²) in [5, 5.41) is 0. The average Bonchev–Trinajstić information content (AvgIpc) is 2.84. The topological polar surface area (TPSA) is 49.9 Å². The number of nitrogens with zero attached hydrogens (tertiary/aromatic N) is 2. The third-order valence-electron chi connectivity index (χ3n) is 3.51. The fourth-order valence-corrected chi connectivity index (χ4v) is 2.65. The van der Waals surface area contributed by atoms with Crippen molar-refractivity contribution in [3.05, 3.63) is 29.8 Å². The second-order valence-electron chi connectivity index (χ2n) is 5.72. The average molecular weight is 290 g/mol. The number of anilines is 1. The Labute approximate surface area is 125 Å². The number of benzene rings is 1. The molecule has 0 aromatic heterocycles. The van der Waals surface area contributed by atoms with Gasteiger partial charge in [0.1, 0.15) is 6.61 Å². The van der Waals surface area contributed by atoms with Gasteiger partial charge in [-0.05, 0) is 45.9 Å². The van der Waals surface area contributed by atoms with Crippen LogP contribution in [0.5, 0.6) is 0 Å². The molecule has 5 heteroatoms. The zero-order valence-electron chi connectivity index (χ0n) is 13.0. The summed E-state index contributed by atoms with van der Waals surface area (Å²) in [6.07, 6.45) is -0.357. The molecule has 1 aliphatic rings. The standard InChI is InChI=1S/C16H22N2O3/c1-11(2)18(12(3)4)15(19)13-6-5-7-14(10-13)17-8-9-21-16(17)20/h5-7,10-12H,8-9H2,1-4H3. The van der Waals surface area contributed by atoms with Crippen LogP contribution in [0.25, 0.3) is 0 Å². The van der Waals surface area contributed by atoms with Crippen LogP contribution in [0.1, 0.15) is 38.1 Å². The van der Waals surface area contributed by atoms with Gasteiger partial charge in [0.25, 0.3) is 5.91 Å². The molecule has 2 amide bonds. The van der Waals surface area contributed by atoms with E-state index in [1.807, 2.05) is 38.7 Å². The molecule has 21 heavy (non-hydrogen) atoms. The lowest BCUT2D eigenvalue weighted by atomic mass is 10.1. The highest BCUT2D eigenvalue weighted by atomic mass is 16.6. The zero-order chi connectivity index (χ0) is 15.6. The van der Waals surface area contributed by atoms with E-state index in [9.17, 15) is 9.59 Å². The summed E-state index contributed by atoms with van der Waals surface area (Å²) in [4.78, 5) is 27.7. The SMILES string of the molecule is CC(C)N(C(=O)c1cccc(N2CCOC2=O)c1)C(C)C. The maximum atomic E-state index is 12.7. The van der Waals surface area contributed by atoms with Crippen molar-refractivity contribution in [2.75, 3.05) is 18.1 Å². The van der Waals surface area contributed by atoms with Crippen molar-refractivity contribution in [1.29, 1.82) is 0 Å². The van der Waals surface area contributed by atoms with Crippen molar-refractivity contribution in [3.8, 4) is 0 Å². The van der Waals surface area contributed by atoms with E-state index in [0.29, 0.717) is 24.4 Å². The molecule has 0 unspecified atom stereocenters. The third kappa shape index (κ3) is 3.17. The number of hydrogen-bond donors (Lipinski definition) is 0. The predicted molar refractivity (Wildman–Crippen MR) is 81.6 cm³/mol. The van der Waals surface area contributed by atoms with E-state index >= 15 is 0 Å². The van der Waals surface area contributed by atoms with Crippen LogP contribution < -0.4 is 4.90 Å². The summed E-state index contributed by atoms with van der Waals surface area (Å²) in [7, 11) is 0. The van der Waals surface area contributed by atoms with Crippen molar-refractivity contribution in [3.63, 3.8) is 0 Å². The number of hydrogen-bond acceptors (Lipinski definition) is 3. The fraction of sp³-hybridized carbons (Fsp3) is 0.500. The molecular weight excluding hydrogens is 268 g/mol. The Morgan fingerprint density at radius 3 is 2.43 bits per heavy atom. The summed E-state index contributed by atoms with van der Waals surface area (Å²) in [6.45, 7) is 8.91. The van der Waals surface area contributed by atoms with Crippen LogP contribution in [0.2, 0.25) is 0 Å². The normalized spacial score (nSPS) is 14.8. The molecule has 0 spiro atoms. The van der Waals surface area contributed by atoms with E-state index in [2.05, 4.69) is 0 Å². The summed E-state index contributed by atoms with van der Waals surface area (Å²) < 4.78 is 4.94. The highest BCUT2D eigenvalue weighted by Gasteiger charge is 2.26. The van der Waals surface area contributed by atoms with Gasteiger partial charge >= 0.3 is 6.09 Å². The van der Waals surface area contributed by atoms with Gasteiger partial charge in [-0.3, -0.25) is 9.69 Å². The first-order valence-electron chi connectivity index (χ1n) is 7.29. The molecule has 1 saturated heterocycles. The molecule has 5 nitrogen and oxygen atoms in total.